The maximum atomic E-state index is 5.62. The lowest BCUT2D eigenvalue weighted by atomic mass is 10.1. The molecule has 0 amide bonds. The second-order valence-corrected chi connectivity index (χ2v) is 5.62. The fraction of sp³-hybridized carbons (Fsp3) is 0.625. The topological polar surface area (TPSA) is 21.3 Å². The van der Waals surface area contributed by atoms with Crippen LogP contribution in [0.4, 0.5) is 0 Å². The van der Waals surface area contributed by atoms with Gasteiger partial charge in [-0.2, -0.15) is 0 Å². The van der Waals surface area contributed by atoms with Gasteiger partial charge >= 0.3 is 0 Å². The number of ether oxygens (including phenoxy) is 1. The molecule has 1 atom stereocenters. The SMILES string of the molecule is c1cc(CNCCC2CCCO2)cc(C2CC2)c1. The summed E-state index contributed by atoms with van der Waals surface area (Å²) in [6.07, 6.45) is 6.93. The van der Waals surface area contributed by atoms with Gasteiger partial charge in [0.05, 0.1) is 6.10 Å². The summed E-state index contributed by atoms with van der Waals surface area (Å²) in [7, 11) is 0. The lowest BCUT2D eigenvalue weighted by Gasteiger charge is -2.10. The summed E-state index contributed by atoms with van der Waals surface area (Å²) in [5.41, 5.74) is 2.96. The number of nitrogens with one attached hydrogen (secondary N) is 1. The van der Waals surface area contributed by atoms with E-state index in [1.165, 1.54) is 36.8 Å². The van der Waals surface area contributed by atoms with Crippen molar-refractivity contribution in [2.75, 3.05) is 13.2 Å². The molecule has 98 valence electrons. The van der Waals surface area contributed by atoms with Gasteiger partial charge < -0.3 is 10.1 Å². The Morgan fingerprint density at radius 1 is 1.22 bits per heavy atom. The number of rotatable bonds is 6. The second kappa shape index (κ2) is 5.85. The molecule has 0 aromatic heterocycles. The molecule has 0 spiro atoms. The van der Waals surface area contributed by atoms with E-state index in [4.69, 9.17) is 4.74 Å². The monoisotopic (exact) mass is 245 g/mol. The maximum Gasteiger partial charge on any atom is 0.0588 e. The van der Waals surface area contributed by atoms with Crippen molar-refractivity contribution in [3.05, 3.63) is 35.4 Å². The highest BCUT2D eigenvalue weighted by Crippen LogP contribution is 2.40. The van der Waals surface area contributed by atoms with E-state index >= 15 is 0 Å². The van der Waals surface area contributed by atoms with Crippen molar-refractivity contribution < 1.29 is 4.74 Å². The van der Waals surface area contributed by atoms with Crippen LogP contribution in [0.15, 0.2) is 24.3 Å². The van der Waals surface area contributed by atoms with Gasteiger partial charge in [-0.15, -0.1) is 0 Å². The molecule has 0 radical (unpaired) electrons. The Bertz CT molecular complexity index is 380. The Hall–Kier alpha value is -0.860. The zero-order valence-electron chi connectivity index (χ0n) is 11.0. The van der Waals surface area contributed by atoms with Crippen LogP contribution in [0.5, 0.6) is 0 Å². The first-order valence-corrected chi connectivity index (χ1v) is 7.33. The summed E-state index contributed by atoms with van der Waals surface area (Å²) in [4.78, 5) is 0. The molecule has 1 unspecified atom stereocenters. The van der Waals surface area contributed by atoms with Crippen molar-refractivity contribution >= 4 is 0 Å². The average Bonchev–Trinajstić information content (AvgIpc) is 3.13. The zero-order valence-corrected chi connectivity index (χ0v) is 11.0. The molecule has 1 saturated carbocycles. The van der Waals surface area contributed by atoms with E-state index in [2.05, 4.69) is 29.6 Å². The molecule has 2 heteroatoms. The largest absolute Gasteiger partial charge is 0.378 e. The average molecular weight is 245 g/mol. The molecule has 2 fully saturated rings. The van der Waals surface area contributed by atoms with Crippen LogP contribution in [0.2, 0.25) is 0 Å². The minimum absolute atomic E-state index is 0.510. The van der Waals surface area contributed by atoms with E-state index in [0.717, 1.165) is 32.0 Å². The van der Waals surface area contributed by atoms with Crippen molar-refractivity contribution in [2.45, 2.75) is 50.7 Å². The van der Waals surface area contributed by atoms with Gasteiger partial charge in [0, 0.05) is 13.2 Å². The number of benzene rings is 1. The fourth-order valence-corrected chi connectivity index (χ4v) is 2.74. The smallest absolute Gasteiger partial charge is 0.0588 e. The van der Waals surface area contributed by atoms with Gasteiger partial charge in [-0.25, -0.2) is 0 Å². The first-order valence-electron chi connectivity index (χ1n) is 7.33. The summed E-state index contributed by atoms with van der Waals surface area (Å²) >= 11 is 0. The Balaban J connectivity index is 1.40. The third-order valence-electron chi connectivity index (χ3n) is 4.00. The van der Waals surface area contributed by atoms with Crippen LogP contribution in [-0.2, 0) is 11.3 Å². The van der Waals surface area contributed by atoms with Gasteiger partial charge in [0.15, 0.2) is 0 Å². The molecule has 3 rings (SSSR count). The number of hydrogen-bond acceptors (Lipinski definition) is 2. The Morgan fingerprint density at radius 2 is 2.17 bits per heavy atom. The quantitative estimate of drug-likeness (QED) is 0.777. The van der Waals surface area contributed by atoms with Crippen molar-refractivity contribution in [3.8, 4) is 0 Å². The van der Waals surface area contributed by atoms with Crippen molar-refractivity contribution in [2.24, 2.45) is 0 Å². The normalized spacial score (nSPS) is 23.4. The second-order valence-electron chi connectivity index (χ2n) is 5.62. The molecule has 0 bridgehead atoms. The van der Waals surface area contributed by atoms with E-state index < -0.39 is 0 Å². The predicted octanol–water partition coefficient (Wildman–Crippen LogP) is 3.22. The minimum atomic E-state index is 0.510. The third-order valence-corrected chi connectivity index (χ3v) is 4.00. The molecule has 2 aliphatic rings. The molecule has 1 aliphatic carbocycles. The van der Waals surface area contributed by atoms with Crippen LogP contribution in [-0.4, -0.2) is 19.3 Å². The lowest BCUT2D eigenvalue weighted by Crippen LogP contribution is -2.19. The van der Waals surface area contributed by atoms with Crippen LogP contribution in [0.1, 0.15) is 49.1 Å². The van der Waals surface area contributed by atoms with Crippen molar-refractivity contribution in [1.29, 1.82) is 0 Å². The molecule has 1 N–H and O–H groups in total. The first kappa shape index (κ1) is 12.2. The van der Waals surface area contributed by atoms with Crippen LogP contribution in [0.3, 0.4) is 0 Å². The molecular weight excluding hydrogens is 222 g/mol. The summed E-state index contributed by atoms with van der Waals surface area (Å²) in [5, 5.41) is 3.54. The van der Waals surface area contributed by atoms with Gasteiger partial charge in [-0.05, 0) is 55.7 Å². The molecule has 1 aliphatic heterocycles. The van der Waals surface area contributed by atoms with E-state index in [-0.39, 0.29) is 0 Å². The van der Waals surface area contributed by atoms with Gasteiger partial charge in [-0.1, -0.05) is 24.3 Å². The first-order chi connectivity index (χ1) is 8.92. The summed E-state index contributed by atoms with van der Waals surface area (Å²) < 4.78 is 5.62. The van der Waals surface area contributed by atoms with Gasteiger partial charge in [0.2, 0.25) is 0 Å². The van der Waals surface area contributed by atoms with Crippen LogP contribution < -0.4 is 5.32 Å². The Kier molecular flexibility index (Phi) is 3.96. The summed E-state index contributed by atoms with van der Waals surface area (Å²) in [5.74, 6) is 0.858. The van der Waals surface area contributed by atoms with Crippen LogP contribution in [0.25, 0.3) is 0 Å². The highest BCUT2D eigenvalue weighted by atomic mass is 16.5. The summed E-state index contributed by atoms with van der Waals surface area (Å²) in [6.45, 7) is 3.03. The lowest BCUT2D eigenvalue weighted by molar-refractivity contribution is 0.104. The van der Waals surface area contributed by atoms with Crippen molar-refractivity contribution in [3.63, 3.8) is 0 Å². The minimum Gasteiger partial charge on any atom is -0.378 e. The molecule has 2 nitrogen and oxygen atoms in total. The predicted molar refractivity (Wildman–Crippen MR) is 73.7 cm³/mol. The molecular formula is C16H23NO. The fourth-order valence-electron chi connectivity index (χ4n) is 2.74. The maximum absolute atomic E-state index is 5.62. The highest BCUT2D eigenvalue weighted by Gasteiger charge is 2.23. The highest BCUT2D eigenvalue weighted by molar-refractivity contribution is 5.29. The van der Waals surface area contributed by atoms with Crippen LogP contribution >= 0.6 is 0 Å². The molecule has 1 heterocycles. The van der Waals surface area contributed by atoms with E-state index in [0.29, 0.717) is 6.10 Å². The molecule has 18 heavy (non-hydrogen) atoms. The Morgan fingerprint density at radius 3 is 2.94 bits per heavy atom. The number of hydrogen-bond donors (Lipinski definition) is 1. The molecule has 1 aromatic carbocycles. The van der Waals surface area contributed by atoms with Crippen molar-refractivity contribution in [1.82, 2.24) is 5.32 Å². The standard InChI is InChI=1S/C16H23NO/c1-3-13(11-15(4-1)14-6-7-14)12-17-9-8-16-5-2-10-18-16/h1,3-4,11,14,16-17H,2,5-10,12H2. The van der Waals surface area contributed by atoms with E-state index in [1.807, 2.05) is 0 Å². The molecule has 1 aromatic rings. The van der Waals surface area contributed by atoms with E-state index in [1.54, 1.807) is 0 Å². The van der Waals surface area contributed by atoms with Gasteiger partial charge in [0.1, 0.15) is 0 Å². The van der Waals surface area contributed by atoms with E-state index in [9.17, 15) is 0 Å². The van der Waals surface area contributed by atoms with Gasteiger partial charge in [-0.3, -0.25) is 0 Å². The van der Waals surface area contributed by atoms with Gasteiger partial charge in [0.25, 0.3) is 0 Å². The zero-order chi connectivity index (χ0) is 12.2. The third kappa shape index (κ3) is 3.33. The Labute approximate surface area is 110 Å². The molecule has 1 saturated heterocycles. The van der Waals surface area contributed by atoms with Crippen LogP contribution in [0, 0.1) is 0 Å². The summed E-state index contributed by atoms with van der Waals surface area (Å²) in [6, 6.07) is 9.07.